The Hall–Kier alpha value is -3.52. The van der Waals surface area contributed by atoms with Crippen LogP contribution in [-0.2, 0) is 4.79 Å². The molecule has 1 fully saturated rings. The molecular formula is C24H24N6OS. The van der Waals surface area contributed by atoms with Gasteiger partial charge in [0, 0.05) is 18.0 Å². The van der Waals surface area contributed by atoms with Crippen LogP contribution in [0.5, 0.6) is 0 Å². The largest absolute Gasteiger partial charge is 0.383 e. The number of hydrogen-bond acceptors (Lipinski definition) is 6. The van der Waals surface area contributed by atoms with Crippen molar-refractivity contribution in [2.75, 3.05) is 18.8 Å². The molecule has 1 aromatic carbocycles. The summed E-state index contributed by atoms with van der Waals surface area (Å²) in [5.41, 5.74) is 10.2. The lowest BCUT2D eigenvalue weighted by atomic mass is 10.1. The van der Waals surface area contributed by atoms with Crippen molar-refractivity contribution in [3.63, 3.8) is 0 Å². The number of fused-ring (bicyclic) bond motifs is 1. The molecule has 162 valence electrons. The standard InChI is InChI=1S/C24H24N6OS/c1-3-20(31)29-11-5-8-17(13-29)30-24-21(23(25)26-14-27-24)22(28-30)19-10-9-18(32-19)16-7-4-6-15(2)12-16/h3-4,6-7,9-10,12,14,17H,1,5,8,11,13H2,2H3,(H2,25,26,27)/t17-/m1/s1. The van der Waals surface area contributed by atoms with E-state index in [4.69, 9.17) is 10.8 Å². The van der Waals surface area contributed by atoms with Crippen LogP contribution in [0.2, 0.25) is 0 Å². The highest BCUT2D eigenvalue weighted by Gasteiger charge is 2.28. The molecule has 1 aliphatic heterocycles. The predicted octanol–water partition coefficient (Wildman–Crippen LogP) is 4.46. The number of nitrogens with two attached hydrogens (primary N) is 1. The number of thiophene rings is 1. The summed E-state index contributed by atoms with van der Waals surface area (Å²) < 4.78 is 1.93. The van der Waals surface area contributed by atoms with E-state index in [1.54, 1.807) is 11.3 Å². The second-order valence-electron chi connectivity index (χ2n) is 8.07. The molecule has 0 aliphatic carbocycles. The van der Waals surface area contributed by atoms with Crippen LogP contribution in [0.3, 0.4) is 0 Å². The first kappa shape index (κ1) is 20.4. The summed E-state index contributed by atoms with van der Waals surface area (Å²) in [4.78, 5) is 24.9. The number of anilines is 1. The number of rotatable bonds is 4. The summed E-state index contributed by atoms with van der Waals surface area (Å²) >= 11 is 1.68. The van der Waals surface area contributed by atoms with Crippen molar-refractivity contribution >= 4 is 34.1 Å². The van der Waals surface area contributed by atoms with Gasteiger partial charge in [-0.15, -0.1) is 11.3 Å². The minimum atomic E-state index is -0.0541. The molecule has 0 saturated carbocycles. The summed E-state index contributed by atoms with van der Waals surface area (Å²) in [5.74, 6) is 0.359. The smallest absolute Gasteiger partial charge is 0.246 e. The molecule has 0 unspecified atom stereocenters. The highest BCUT2D eigenvalue weighted by molar-refractivity contribution is 7.18. The summed E-state index contributed by atoms with van der Waals surface area (Å²) in [7, 11) is 0. The quantitative estimate of drug-likeness (QED) is 0.469. The van der Waals surface area contributed by atoms with Crippen LogP contribution < -0.4 is 5.73 Å². The molecule has 8 heteroatoms. The SMILES string of the molecule is C=CC(=O)N1CCC[C@@H](n2nc(-c3ccc(-c4cccc(C)c4)s3)c3c(N)ncnc32)C1. The fraction of sp³-hybridized carbons (Fsp3) is 0.250. The molecule has 1 aliphatic rings. The van der Waals surface area contributed by atoms with Gasteiger partial charge in [0.1, 0.15) is 17.8 Å². The molecule has 5 rings (SSSR count). The van der Waals surface area contributed by atoms with E-state index in [0.29, 0.717) is 18.0 Å². The van der Waals surface area contributed by atoms with E-state index in [9.17, 15) is 4.79 Å². The van der Waals surface area contributed by atoms with Crippen LogP contribution in [0.15, 0.2) is 55.4 Å². The topological polar surface area (TPSA) is 89.9 Å². The van der Waals surface area contributed by atoms with Gasteiger partial charge in [-0.25, -0.2) is 14.6 Å². The number of aromatic nitrogens is 4. The predicted molar refractivity (Wildman–Crippen MR) is 128 cm³/mol. The number of carbonyl (C=O) groups is 1. The lowest BCUT2D eigenvalue weighted by molar-refractivity contribution is -0.127. The number of hydrogen-bond donors (Lipinski definition) is 1. The number of carbonyl (C=O) groups excluding carboxylic acids is 1. The van der Waals surface area contributed by atoms with Gasteiger partial charge in [-0.1, -0.05) is 36.4 Å². The molecule has 4 heterocycles. The Morgan fingerprint density at radius 1 is 1.25 bits per heavy atom. The van der Waals surface area contributed by atoms with Gasteiger partial charge >= 0.3 is 0 Å². The second-order valence-corrected chi connectivity index (χ2v) is 9.15. The maximum Gasteiger partial charge on any atom is 0.246 e. The molecule has 7 nitrogen and oxygen atoms in total. The van der Waals surface area contributed by atoms with Crippen molar-refractivity contribution in [1.82, 2.24) is 24.6 Å². The van der Waals surface area contributed by atoms with Crippen molar-refractivity contribution in [3.05, 3.63) is 60.9 Å². The van der Waals surface area contributed by atoms with E-state index < -0.39 is 0 Å². The highest BCUT2D eigenvalue weighted by atomic mass is 32.1. The van der Waals surface area contributed by atoms with Gasteiger partial charge in [0.2, 0.25) is 5.91 Å². The zero-order chi connectivity index (χ0) is 22.2. The van der Waals surface area contributed by atoms with E-state index in [-0.39, 0.29) is 11.9 Å². The molecule has 1 amide bonds. The van der Waals surface area contributed by atoms with Crippen LogP contribution in [-0.4, -0.2) is 43.6 Å². The average Bonchev–Trinajstić information content (AvgIpc) is 3.44. The first-order chi connectivity index (χ1) is 15.5. The fourth-order valence-electron chi connectivity index (χ4n) is 4.32. The van der Waals surface area contributed by atoms with Gasteiger partial charge in [0.25, 0.3) is 0 Å². The van der Waals surface area contributed by atoms with Crippen LogP contribution in [0.1, 0.15) is 24.4 Å². The summed E-state index contributed by atoms with van der Waals surface area (Å²) in [6.45, 7) is 7.02. The van der Waals surface area contributed by atoms with Crippen LogP contribution >= 0.6 is 11.3 Å². The Bertz CT molecular complexity index is 1320. The van der Waals surface area contributed by atoms with E-state index >= 15 is 0 Å². The first-order valence-corrected chi connectivity index (χ1v) is 11.4. The van der Waals surface area contributed by atoms with Crippen molar-refractivity contribution in [2.45, 2.75) is 25.8 Å². The molecule has 2 N–H and O–H groups in total. The van der Waals surface area contributed by atoms with Crippen molar-refractivity contribution < 1.29 is 4.79 Å². The van der Waals surface area contributed by atoms with Gasteiger partial charge in [-0.3, -0.25) is 4.79 Å². The Labute approximate surface area is 190 Å². The molecule has 0 radical (unpaired) electrons. The Kier molecular flexibility index (Phi) is 5.22. The summed E-state index contributed by atoms with van der Waals surface area (Å²) in [6, 6.07) is 12.7. The third kappa shape index (κ3) is 3.56. The normalized spacial score (nSPS) is 16.4. The van der Waals surface area contributed by atoms with Gasteiger partial charge < -0.3 is 10.6 Å². The lowest BCUT2D eigenvalue weighted by Crippen LogP contribution is -2.40. The molecule has 32 heavy (non-hydrogen) atoms. The monoisotopic (exact) mass is 444 g/mol. The van der Waals surface area contributed by atoms with Crippen LogP contribution in [0.25, 0.3) is 32.0 Å². The van der Waals surface area contributed by atoms with Crippen molar-refractivity contribution in [2.24, 2.45) is 0 Å². The minimum Gasteiger partial charge on any atom is -0.383 e. The van der Waals surface area contributed by atoms with E-state index in [2.05, 4.69) is 59.9 Å². The van der Waals surface area contributed by atoms with Crippen molar-refractivity contribution in [1.29, 1.82) is 0 Å². The Morgan fingerprint density at radius 2 is 2.09 bits per heavy atom. The van der Waals surface area contributed by atoms with E-state index in [1.165, 1.54) is 28.4 Å². The minimum absolute atomic E-state index is 0.0226. The summed E-state index contributed by atoms with van der Waals surface area (Å²) in [6.07, 6.45) is 4.66. The van der Waals surface area contributed by atoms with Crippen LogP contribution in [0.4, 0.5) is 5.82 Å². The molecule has 1 saturated heterocycles. The zero-order valence-corrected chi connectivity index (χ0v) is 18.7. The number of nitrogens with zero attached hydrogens (tertiary/aromatic N) is 5. The van der Waals surface area contributed by atoms with Gasteiger partial charge in [-0.05, 0) is 43.5 Å². The number of piperidine rings is 1. The van der Waals surface area contributed by atoms with Crippen molar-refractivity contribution in [3.8, 4) is 21.0 Å². The maximum absolute atomic E-state index is 12.2. The van der Waals surface area contributed by atoms with Gasteiger partial charge in [0.15, 0.2) is 5.65 Å². The molecule has 1 atom stereocenters. The molecule has 0 spiro atoms. The third-order valence-electron chi connectivity index (χ3n) is 5.89. The molecule has 4 aromatic rings. The number of amides is 1. The molecular weight excluding hydrogens is 420 g/mol. The average molecular weight is 445 g/mol. The fourth-order valence-corrected chi connectivity index (χ4v) is 5.32. The second kappa shape index (κ2) is 8.20. The zero-order valence-electron chi connectivity index (χ0n) is 17.9. The van der Waals surface area contributed by atoms with E-state index in [0.717, 1.165) is 35.3 Å². The van der Waals surface area contributed by atoms with Crippen LogP contribution in [0, 0.1) is 6.92 Å². The number of likely N-dealkylation sites (tertiary alicyclic amines) is 1. The summed E-state index contributed by atoms with van der Waals surface area (Å²) in [5, 5.41) is 5.73. The van der Waals surface area contributed by atoms with E-state index in [1.807, 2.05) is 9.58 Å². The first-order valence-electron chi connectivity index (χ1n) is 10.6. The Morgan fingerprint density at radius 3 is 2.91 bits per heavy atom. The number of nitrogen functional groups attached to an aromatic ring is 1. The molecule has 3 aromatic heterocycles. The maximum atomic E-state index is 12.2. The van der Waals surface area contributed by atoms with Gasteiger partial charge in [0.05, 0.1) is 16.3 Å². The lowest BCUT2D eigenvalue weighted by Gasteiger charge is -2.32. The van der Waals surface area contributed by atoms with Gasteiger partial charge in [-0.2, -0.15) is 5.10 Å². The third-order valence-corrected chi connectivity index (χ3v) is 7.03. The Balaban J connectivity index is 1.58. The number of benzene rings is 1. The highest BCUT2D eigenvalue weighted by Crippen LogP contribution is 2.39. The number of aryl methyl sites for hydroxylation is 1. The molecule has 0 bridgehead atoms.